The van der Waals surface area contributed by atoms with E-state index in [9.17, 15) is 0 Å². The van der Waals surface area contributed by atoms with Gasteiger partial charge in [-0.3, -0.25) is 19.2 Å². The van der Waals surface area contributed by atoms with Crippen molar-refractivity contribution in [1.29, 1.82) is 0 Å². The standard InChI is InChI=1S/C50H26O4/c51-45-37-11-1-2-12-38(37)46(52)49(45,35-23-31-19-15-27-7-5-8-28-16-20-32(24-35)43(31)41(27)28)50(47(53)39-13-3-4-14-40(39)48(50)54)36-25-33-21-17-29-9-6-10-30-18-22-34(26-36)44(33)42(29)30/h1-26H. The second-order valence-electron chi connectivity index (χ2n) is 14.9. The second kappa shape index (κ2) is 9.88. The Hall–Kier alpha value is -7.04. The molecule has 2 aliphatic rings. The number of fused-ring (bicyclic) bond motifs is 2. The van der Waals surface area contributed by atoms with Crippen LogP contribution in [0.1, 0.15) is 52.6 Å². The van der Waals surface area contributed by atoms with Crippen LogP contribution in [0.4, 0.5) is 0 Å². The summed E-state index contributed by atoms with van der Waals surface area (Å²) in [5.74, 6) is -2.18. The molecule has 2 aliphatic carbocycles. The van der Waals surface area contributed by atoms with Crippen LogP contribution in [0.5, 0.6) is 0 Å². The van der Waals surface area contributed by atoms with Gasteiger partial charge >= 0.3 is 0 Å². The van der Waals surface area contributed by atoms with E-state index in [2.05, 4.69) is 24.3 Å². The average molecular weight is 691 g/mol. The van der Waals surface area contributed by atoms with Crippen LogP contribution in [0.25, 0.3) is 64.6 Å². The van der Waals surface area contributed by atoms with E-state index >= 15 is 19.2 Å². The molecule has 10 aromatic rings. The van der Waals surface area contributed by atoms with Crippen molar-refractivity contribution in [2.45, 2.75) is 10.8 Å². The van der Waals surface area contributed by atoms with Crippen molar-refractivity contribution in [1.82, 2.24) is 0 Å². The molecule has 4 heteroatoms. The summed E-state index contributed by atoms with van der Waals surface area (Å²) < 4.78 is 0. The number of hydrogen-bond donors (Lipinski definition) is 0. The van der Waals surface area contributed by atoms with Crippen LogP contribution < -0.4 is 0 Å². The smallest absolute Gasteiger partial charge is 0.183 e. The minimum Gasteiger partial charge on any atom is -0.293 e. The van der Waals surface area contributed by atoms with Gasteiger partial charge in [-0.25, -0.2) is 0 Å². The molecular formula is C50H26O4. The lowest BCUT2D eigenvalue weighted by Crippen LogP contribution is -2.62. The summed E-state index contributed by atoms with van der Waals surface area (Å²) in [6, 6.07) is 49.6. The number of Topliss-reactive ketones (excluding diaryl/α,β-unsaturated/α-hetero) is 4. The van der Waals surface area contributed by atoms with E-state index in [1.807, 2.05) is 84.9 Å². The summed E-state index contributed by atoms with van der Waals surface area (Å²) in [4.78, 5) is 63.0. The second-order valence-corrected chi connectivity index (χ2v) is 14.9. The Labute approximate surface area is 307 Å². The highest BCUT2D eigenvalue weighted by Crippen LogP contribution is 2.59. The monoisotopic (exact) mass is 690 g/mol. The number of ketones is 4. The van der Waals surface area contributed by atoms with Crippen molar-refractivity contribution >= 4 is 87.8 Å². The molecule has 0 heterocycles. The summed E-state index contributed by atoms with van der Waals surface area (Å²) in [5, 5.41) is 11.8. The van der Waals surface area contributed by atoms with E-state index in [1.54, 1.807) is 48.5 Å². The molecule has 0 bridgehead atoms. The zero-order valence-corrected chi connectivity index (χ0v) is 28.6. The van der Waals surface area contributed by atoms with E-state index in [0.29, 0.717) is 11.1 Å². The minimum absolute atomic E-state index is 0.209. The van der Waals surface area contributed by atoms with Crippen molar-refractivity contribution in [3.8, 4) is 0 Å². The summed E-state index contributed by atoms with van der Waals surface area (Å²) in [5.41, 5.74) is -3.01. The summed E-state index contributed by atoms with van der Waals surface area (Å²) in [6.45, 7) is 0. The maximum atomic E-state index is 15.7. The number of hydrogen-bond acceptors (Lipinski definition) is 4. The molecule has 0 unspecified atom stereocenters. The van der Waals surface area contributed by atoms with Gasteiger partial charge in [-0.05, 0) is 100 Å². The lowest BCUT2D eigenvalue weighted by atomic mass is 9.52. The molecule has 0 radical (unpaired) electrons. The molecule has 4 nitrogen and oxygen atoms in total. The molecule has 0 saturated heterocycles. The maximum Gasteiger partial charge on any atom is 0.183 e. The molecule has 0 saturated carbocycles. The van der Waals surface area contributed by atoms with Crippen molar-refractivity contribution < 1.29 is 19.2 Å². The Bertz CT molecular complexity index is 2940. The fourth-order valence-corrected chi connectivity index (χ4v) is 10.4. The van der Waals surface area contributed by atoms with Gasteiger partial charge in [0, 0.05) is 22.3 Å². The molecule has 54 heavy (non-hydrogen) atoms. The van der Waals surface area contributed by atoms with Crippen LogP contribution >= 0.6 is 0 Å². The predicted octanol–water partition coefficient (Wildman–Crippen LogP) is 10.8. The first-order valence-corrected chi connectivity index (χ1v) is 18.2. The maximum absolute atomic E-state index is 15.7. The van der Waals surface area contributed by atoms with Gasteiger partial charge in [0.2, 0.25) is 0 Å². The van der Waals surface area contributed by atoms with Gasteiger partial charge in [0.15, 0.2) is 23.1 Å². The minimum atomic E-state index is -2.25. The van der Waals surface area contributed by atoms with Crippen LogP contribution in [0.2, 0.25) is 0 Å². The molecular weight excluding hydrogens is 665 g/mol. The highest BCUT2D eigenvalue weighted by molar-refractivity contribution is 6.46. The first kappa shape index (κ1) is 29.5. The predicted molar refractivity (Wildman–Crippen MR) is 214 cm³/mol. The number of benzene rings is 10. The number of carbonyl (C=O) groups excluding carboxylic acids is 4. The third-order valence-corrected chi connectivity index (χ3v) is 12.5. The largest absolute Gasteiger partial charge is 0.293 e. The van der Waals surface area contributed by atoms with Gasteiger partial charge in [0.05, 0.1) is 0 Å². The first-order valence-electron chi connectivity index (χ1n) is 18.2. The van der Waals surface area contributed by atoms with Gasteiger partial charge in [0.25, 0.3) is 0 Å². The van der Waals surface area contributed by atoms with Gasteiger partial charge in [-0.2, -0.15) is 0 Å². The van der Waals surface area contributed by atoms with E-state index in [1.165, 1.54) is 0 Å². The average Bonchev–Trinajstić information content (AvgIpc) is 3.58. The Kier molecular flexibility index (Phi) is 5.40. The molecule has 250 valence electrons. The SMILES string of the molecule is O=C1c2ccccc2C(=O)C1(c1cc2ccc3cccc4ccc(c1)c2c34)C1(c2cc3ccc4cccc5ccc(c2)c3c45)C(=O)c2ccccc2C1=O. The topological polar surface area (TPSA) is 68.3 Å². The normalized spacial score (nSPS) is 16.2. The fraction of sp³-hybridized carbons (Fsp3) is 0.0400. The molecule has 0 atom stereocenters. The Morgan fingerprint density at radius 3 is 0.778 bits per heavy atom. The Morgan fingerprint density at radius 2 is 0.500 bits per heavy atom. The van der Waals surface area contributed by atoms with Gasteiger partial charge < -0.3 is 0 Å². The highest BCUT2D eigenvalue weighted by Gasteiger charge is 2.75. The third kappa shape index (κ3) is 3.23. The lowest BCUT2D eigenvalue weighted by Gasteiger charge is -2.42. The molecule has 0 amide bonds. The quantitative estimate of drug-likeness (QED) is 0.137. The van der Waals surface area contributed by atoms with Crippen molar-refractivity contribution in [2.75, 3.05) is 0 Å². The zero-order chi connectivity index (χ0) is 36.1. The van der Waals surface area contributed by atoms with Crippen LogP contribution in [0, 0.1) is 0 Å². The van der Waals surface area contributed by atoms with Crippen LogP contribution in [-0.2, 0) is 10.8 Å². The van der Waals surface area contributed by atoms with Gasteiger partial charge in [-0.15, -0.1) is 0 Å². The molecule has 10 aromatic carbocycles. The van der Waals surface area contributed by atoms with E-state index < -0.39 is 34.0 Å². The Balaban J connectivity index is 1.27. The van der Waals surface area contributed by atoms with E-state index in [4.69, 9.17) is 0 Å². The Morgan fingerprint density at radius 1 is 0.259 bits per heavy atom. The van der Waals surface area contributed by atoms with Crippen molar-refractivity contribution in [3.63, 3.8) is 0 Å². The van der Waals surface area contributed by atoms with E-state index in [-0.39, 0.29) is 22.3 Å². The molecule has 0 N–H and O–H groups in total. The number of carbonyl (C=O) groups is 4. The van der Waals surface area contributed by atoms with Crippen LogP contribution in [0.3, 0.4) is 0 Å². The molecule has 0 aromatic heterocycles. The molecule has 0 spiro atoms. The van der Waals surface area contributed by atoms with Crippen LogP contribution in [0.15, 0.2) is 158 Å². The van der Waals surface area contributed by atoms with Crippen molar-refractivity contribution in [2.24, 2.45) is 0 Å². The summed E-state index contributed by atoms with van der Waals surface area (Å²) in [6.07, 6.45) is 0. The summed E-state index contributed by atoms with van der Waals surface area (Å²) in [7, 11) is 0. The summed E-state index contributed by atoms with van der Waals surface area (Å²) >= 11 is 0. The van der Waals surface area contributed by atoms with Crippen LogP contribution in [-0.4, -0.2) is 23.1 Å². The van der Waals surface area contributed by atoms with E-state index in [0.717, 1.165) is 64.6 Å². The third-order valence-electron chi connectivity index (χ3n) is 12.5. The molecule has 12 rings (SSSR count). The van der Waals surface area contributed by atoms with Gasteiger partial charge in [-0.1, -0.05) is 133 Å². The highest BCUT2D eigenvalue weighted by atomic mass is 16.2. The van der Waals surface area contributed by atoms with Crippen molar-refractivity contribution in [3.05, 3.63) is 191 Å². The zero-order valence-electron chi connectivity index (χ0n) is 28.6. The first-order chi connectivity index (χ1) is 26.4. The fourth-order valence-electron chi connectivity index (χ4n) is 10.4. The lowest BCUT2D eigenvalue weighted by molar-refractivity contribution is 0.0558. The van der Waals surface area contributed by atoms with Gasteiger partial charge in [0.1, 0.15) is 10.8 Å². The molecule has 0 aliphatic heterocycles. The molecule has 0 fully saturated rings. The number of rotatable bonds is 3.